The fourth-order valence-electron chi connectivity index (χ4n) is 0.646. The Morgan fingerprint density at radius 2 is 2.36 bits per heavy atom. The summed E-state index contributed by atoms with van der Waals surface area (Å²) in [5, 5.41) is 8.52. The lowest BCUT2D eigenvalue weighted by atomic mass is 10.2. The second kappa shape index (κ2) is 6.81. The minimum absolute atomic E-state index is 0.495. The van der Waals surface area contributed by atoms with Gasteiger partial charge in [-0.2, -0.15) is 3.22 Å². The first kappa shape index (κ1) is 11.1. The number of unbranched alkanes of at least 4 members (excludes halogenated alkanes) is 1. The molecule has 66 valence electrons. The van der Waals surface area contributed by atoms with Gasteiger partial charge in [-0.05, 0) is 6.42 Å². The van der Waals surface area contributed by atoms with Crippen LogP contribution in [0.5, 0.6) is 0 Å². The monoisotopic (exact) mass is 274 g/mol. The number of rotatable bonds is 6. The summed E-state index contributed by atoms with van der Waals surface area (Å²) in [6, 6.07) is 0. The summed E-state index contributed by atoms with van der Waals surface area (Å²) in [5.41, 5.74) is 0. The van der Waals surface area contributed by atoms with E-state index in [1.54, 1.807) is 0 Å². The van der Waals surface area contributed by atoms with Gasteiger partial charge in [-0.1, -0.05) is 19.8 Å². The van der Waals surface area contributed by atoms with Crippen molar-refractivity contribution < 1.29 is 18.0 Å². The highest BCUT2D eigenvalue weighted by Gasteiger charge is 2.17. The number of carbonyl (C=O) groups is 1. The van der Waals surface area contributed by atoms with Gasteiger partial charge in [0.2, 0.25) is 0 Å². The van der Waals surface area contributed by atoms with Crippen molar-refractivity contribution in [2.24, 2.45) is 0 Å². The highest BCUT2D eigenvalue weighted by molar-refractivity contribution is 14.1. The van der Waals surface area contributed by atoms with Crippen molar-refractivity contribution in [1.29, 1.82) is 0 Å². The van der Waals surface area contributed by atoms with Crippen molar-refractivity contribution in [3.8, 4) is 0 Å². The highest BCUT2D eigenvalue weighted by Crippen LogP contribution is 2.07. The van der Waals surface area contributed by atoms with E-state index in [1.807, 2.05) is 6.92 Å². The Hall–Kier alpha value is 0.120. The Balaban J connectivity index is 3.60. The zero-order valence-corrected chi connectivity index (χ0v) is 8.41. The number of hydrogen-bond acceptors (Lipinski definition) is 3. The third kappa shape index (κ3) is 5.40. The largest absolute Gasteiger partial charge is 0.479 e. The molecule has 0 saturated carbocycles. The zero-order valence-electron chi connectivity index (χ0n) is 6.25. The summed E-state index contributed by atoms with van der Waals surface area (Å²) in [6.07, 6.45) is 1.45. The lowest BCUT2D eigenvalue weighted by Gasteiger charge is -2.07. The van der Waals surface area contributed by atoms with Crippen LogP contribution >= 0.6 is 23.0 Å². The predicted octanol–water partition coefficient (Wildman–Crippen LogP) is 1.93. The molecule has 4 nitrogen and oxygen atoms in total. The van der Waals surface area contributed by atoms with Crippen LogP contribution in [0, 0.1) is 0 Å². The molecule has 5 heteroatoms. The van der Waals surface area contributed by atoms with Crippen LogP contribution in [0.4, 0.5) is 0 Å². The summed E-state index contributed by atoms with van der Waals surface area (Å²) in [4.78, 5) is 14.9. The maximum Gasteiger partial charge on any atom is 0.336 e. The highest BCUT2D eigenvalue weighted by atomic mass is 127. The molecule has 0 aliphatic rings. The fraction of sp³-hybridized carbons (Fsp3) is 0.833. The summed E-state index contributed by atoms with van der Waals surface area (Å²) >= 11 is 1.50. The summed E-state index contributed by atoms with van der Waals surface area (Å²) < 4.78 is 4.25. The first-order chi connectivity index (χ1) is 5.22. The number of halogens is 1. The molecule has 0 aliphatic heterocycles. The van der Waals surface area contributed by atoms with Gasteiger partial charge in [0, 0.05) is 0 Å². The van der Waals surface area contributed by atoms with Crippen molar-refractivity contribution in [2.45, 2.75) is 32.3 Å². The Labute approximate surface area is 79.5 Å². The van der Waals surface area contributed by atoms with E-state index >= 15 is 0 Å². The van der Waals surface area contributed by atoms with Gasteiger partial charge in [0.15, 0.2) is 29.1 Å². The van der Waals surface area contributed by atoms with Crippen LogP contribution in [0.1, 0.15) is 26.2 Å². The van der Waals surface area contributed by atoms with E-state index in [2.05, 4.69) is 8.10 Å². The molecule has 1 atom stereocenters. The second-order valence-corrected chi connectivity index (χ2v) is 2.49. The van der Waals surface area contributed by atoms with Gasteiger partial charge in [-0.25, -0.2) is 9.68 Å². The maximum absolute atomic E-state index is 10.4. The third-order valence-corrected chi connectivity index (χ3v) is 1.46. The quantitative estimate of drug-likeness (QED) is 0.457. The average Bonchev–Trinajstić information content (AvgIpc) is 1.97. The first-order valence-corrected chi connectivity index (χ1v) is 4.27. The van der Waals surface area contributed by atoms with Gasteiger partial charge < -0.3 is 5.11 Å². The maximum atomic E-state index is 10.4. The van der Waals surface area contributed by atoms with E-state index in [4.69, 9.17) is 5.11 Å². The molecule has 0 fully saturated rings. The molecule has 1 unspecified atom stereocenters. The van der Waals surface area contributed by atoms with E-state index in [0.717, 1.165) is 12.8 Å². The SMILES string of the molecule is CCCCC(OOI)C(=O)O. The fourth-order valence-corrected chi connectivity index (χ4v) is 0.897. The molecule has 0 aromatic rings. The summed E-state index contributed by atoms with van der Waals surface area (Å²) in [5.74, 6) is -0.977. The molecule has 0 saturated heterocycles. The van der Waals surface area contributed by atoms with Crippen LogP contribution in [0.25, 0.3) is 0 Å². The van der Waals surface area contributed by atoms with Crippen LogP contribution in [0.3, 0.4) is 0 Å². The Kier molecular flexibility index (Phi) is 6.88. The second-order valence-electron chi connectivity index (χ2n) is 2.13. The molecule has 0 bridgehead atoms. The van der Waals surface area contributed by atoms with E-state index < -0.39 is 12.1 Å². The van der Waals surface area contributed by atoms with Gasteiger partial charge in [0.1, 0.15) is 0 Å². The number of carboxylic acid groups (broad SMARTS) is 1. The minimum Gasteiger partial charge on any atom is -0.479 e. The lowest BCUT2D eigenvalue weighted by molar-refractivity contribution is -0.220. The standard InChI is InChI=1S/C6H11IO4/c1-2-3-4-5(6(8)9)10-11-7/h5H,2-4H2,1H3,(H,8,9). The van der Waals surface area contributed by atoms with Gasteiger partial charge in [-0.3, -0.25) is 0 Å². The Morgan fingerprint density at radius 1 is 1.73 bits per heavy atom. The van der Waals surface area contributed by atoms with Crippen LogP contribution in [-0.2, 0) is 12.9 Å². The zero-order chi connectivity index (χ0) is 8.69. The van der Waals surface area contributed by atoms with Crippen molar-refractivity contribution in [3.63, 3.8) is 0 Å². The lowest BCUT2D eigenvalue weighted by Crippen LogP contribution is -2.22. The van der Waals surface area contributed by atoms with Gasteiger partial charge >= 0.3 is 5.97 Å². The molecule has 0 radical (unpaired) electrons. The average molecular weight is 274 g/mol. The van der Waals surface area contributed by atoms with Gasteiger partial charge in [-0.15, -0.1) is 0 Å². The molecule has 0 spiro atoms. The molecule has 11 heavy (non-hydrogen) atoms. The van der Waals surface area contributed by atoms with Crippen molar-refractivity contribution in [2.75, 3.05) is 0 Å². The molecule has 0 rings (SSSR count). The van der Waals surface area contributed by atoms with Crippen LogP contribution in [0.2, 0.25) is 0 Å². The normalized spacial score (nSPS) is 12.9. The molecule has 0 aromatic heterocycles. The molecule has 0 amide bonds. The first-order valence-electron chi connectivity index (χ1n) is 3.39. The molecule has 0 heterocycles. The third-order valence-electron chi connectivity index (χ3n) is 1.25. The predicted molar refractivity (Wildman–Crippen MR) is 47.1 cm³/mol. The molecule has 0 aliphatic carbocycles. The summed E-state index contributed by atoms with van der Waals surface area (Å²) in [6.45, 7) is 1.99. The molecular weight excluding hydrogens is 263 g/mol. The van der Waals surface area contributed by atoms with E-state index in [1.165, 1.54) is 23.0 Å². The number of hydrogen-bond donors (Lipinski definition) is 1. The van der Waals surface area contributed by atoms with Crippen molar-refractivity contribution in [3.05, 3.63) is 0 Å². The summed E-state index contributed by atoms with van der Waals surface area (Å²) in [7, 11) is 0. The van der Waals surface area contributed by atoms with Crippen LogP contribution in [-0.4, -0.2) is 17.2 Å². The smallest absolute Gasteiger partial charge is 0.336 e. The van der Waals surface area contributed by atoms with E-state index in [0.29, 0.717) is 6.42 Å². The Morgan fingerprint density at radius 3 is 2.73 bits per heavy atom. The molecular formula is C6H11IO4. The molecule has 0 aromatic carbocycles. The topological polar surface area (TPSA) is 55.8 Å². The van der Waals surface area contributed by atoms with Gasteiger partial charge in [0.05, 0.1) is 0 Å². The number of aliphatic carboxylic acids is 1. The van der Waals surface area contributed by atoms with E-state index in [9.17, 15) is 4.79 Å². The van der Waals surface area contributed by atoms with Crippen LogP contribution < -0.4 is 0 Å². The van der Waals surface area contributed by atoms with Gasteiger partial charge in [0.25, 0.3) is 0 Å². The molecule has 1 N–H and O–H groups in total. The van der Waals surface area contributed by atoms with Crippen molar-refractivity contribution >= 4 is 29.0 Å². The Bertz CT molecular complexity index is 117. The van der Waals surface area contributed by atoms with E-state index in [-0.39, 0.29) is 0 Å². The van der Waals surface area contributed by atoms with Crippen molar-refractivity contribution in [1.82, 2.24) is 0 Å². The number of carboxylic acids is 1. The minimum atomic E-state index is -0.977. The van der Waals surface area contributed by atoms with Crippen LogP contribution in [0.15, 0.2) is 0 Å².